The molecule has 0 N–H and O–H groups in total. The number of aryl methyl sites for hydroxylation is 1. The predicted octanol–water partition coefficient (Wildman–Crippen LogP) is 4.63. The van der Waals surface area contributed by atoms with Crippen molar-refractivity contribution in [2.24, 2.45) is 0 Å². The van der Waals surface area contributed by atoms with Gasteiger partial charge in [-0.3, -0.25) is 4.90 Å². The fraction of sp³-hybridized carbons (Fsp3) is 0.545. The molecule has 25 heavy (non-hydrogen) atoms. The molecule has 1 aromatic rings. The van der Waals surface area contributed by atoms with E-state index in [0.29, 0.717) is 12.6 Å². The fourth-order valence-electron chi connectivity index (χ4n) is 4.30. The van der Waals surface area contributed by atoms with E-state index < -0.39 is 0 Å². The molecule has 1 saturated heterocycles. The van der Waals surface area contributed by atoms with Crippen LogP contribution < -0.4 is 0 Å². The molecule has 0 atom stereocenters. The lowest BCUT2D eigenvalue weighted by atomic mass is 10.0. The van der Waals surface area contributed by atoms with E-state index in [-0.39, 0.29) is 0 Å². The third-order valence-corrected chi connectivity index (χ3v) is 5.84. The smallest absolute Gasteiger partial charge is 0.118 e. The van der Waals surface area contributed by atoms with Gasteiger partial charge in [-0.15, -0.1) is 0 Å². The van der Waals surface area contributed by atoms with Crippen LogP contribution in [0.1, 0.15) is 54.9 Å². The number of rotatable bonds is 4. The molecule has 1 aliphatic carbocycles. The van der Waals surface area contributed by atoms with Gasteiger partial charge in [-0.05, 0) is 73.4 Å². The van der Waals surface area contributed by atoms with E-state index in [0.717, 1.165) is 44.9 Å². The van der Waals surface area contributed by atoms with Crippen LogP contribution in [0.15, 0.2) is 35.6 Å². The molecular weight excluding hydrogens is 310 g/mol. The molecule has 134 valence electrons. The topological polar surface area (TPSA) is 21.7 Å². The van der Waals surface area contributed by atoms with Gasteiger partial charge in [0.05, 0.1) is 0 Å². The summed E-state index contributed by atoms with van der Waals surface area (Å²) in [5.74, 6) is 1.06. The van der Waals surface area contributed by atoms with E-state index in [1.807, 2.05) is 0 Å². The first-order chi connectivity index (χ1) is 12.2. The first-order valence-corrected chi connectivity index (χ1v) is 9.63. The lowest BCUT2D eigenvalue weighted by Gasteiger charge is -2.30. The van der Waals surface area contributed by atoms with E-state index in [4.69, 9.17) is 9.47 Å². The minimum atomic E-state index is 0.669. The second-order valence-corrected chi connectivity index (χ2v) is 7.67. The average molecular weight is 339 g/mol. The summed E-state index contributed by atoms with van der Waals surface area (Å²) in [5, 5.41) is 0. The second-order valence-electron chi connectivity index (χ2n) is 7.67. The zero-order valence-corrected chi connectivity index (χ0v) is 15.5. The van der Waals surface area contributed by atoms with Crippen molar-refractivity contribution >= 4 is 0 Å². The Kier molecular flexibility index (Phi) is 4.96. The van der Waals surface area contributed by atoms with Gasteiger partial charge in [-0.25, -0.2) is 0 Å². The van der Waals surface area contributed by atoms with Crippen molar-refractivity contribution in [2.45, 2.75) is 65.3 Å². The number of nitrogens with zero attached hydrogens (tertiary/aromatic N) is 1. The molecular formula is C22H29NO2. The van der Waals surface area contributed by atoms with Gasteiger partial charge in [0.25, 0.3) is 0 Å². The van der Waals surface area contributed by atoms with Crippen molar-refractivity contribution in [1.82, 2.24) is 4.90 Å². The number of hydrogen-bond acceptors (Lipinski definition) is 3. The van der Waals surface area contributed by atoms with Crippen LogP contribution in [0, 0.1) is 6.92 Å². The number of hydrogen-bond donors (Lipinski definition) is 0. The van der Waals surface area contributed by atoms with E-state index >= 15 is 0 Å². The molecule has 2 aliphatic heterocycles. The first-order valence-electron chi connectivity index (χ1n) is 9.63. The van der Waals surface area contributed by atoms with Crippen molar-refractivity contribution < 1.29 is 9.47 Å². The summed E-state index contributed by atoms with van der Waals surface area (Å²) in [7, 11) is 0. The fourth-order valence-corrected chi connectivity index (χ4v) is 4.30. The summed E-state index contributed by atoms with van der Waals surface area (Å²) in [6.45, 7) is 9.10. The van der Waals surface area contributed by atoms with E-state index in [1.165, 1.54) is 40.7 Å². The highest BCUT2D eigenvalue weighted by molar-refractivity contribution is 5.41. The SMILES string of the molecule is CC1=C(OCc2cc(C)c3c(c2)CN(C2CCOCC2)C3)C=CCC1. The molecule has 0 spiro atoms. The summed E-state index contributed by atoms with van der Waals surface area (Å²) in [6.07, 6.45) is 8.94. The number of allylic oxidation sites excluding steroid dienone is 3. The standard InChI is InChI=1S/C22H29NO2/c1-16-5-3-4-6-22(16)25-15-18-11-17(2)21-14-23(13-19(21)12-18)20-7-9-24-10-8-20/h4,6,11-12,20H,3,5,7-10,13-15H2,1-2H3. The molecule has 1 aromatic carbocycles. The molecule has 0 aromatic heterocycles. The van der Waals surface area contributed by atoms with Gasteiger partial charge in [-0.2, -0.15) is 0 Å². The van der Waals surface area contributed by atoms with Crippen LogP contribution in [-0.2, 0) is 29.2 Å². The normalized spacial score (nSPS) is 21.7. The molecule has 4 rings (SSSR count). The second kappa shape index (κ2) is 7.35. The van der Waals surface area contributed by atoms with E-state index in [1.54, 1.807) is 0 Å². The van der Waals surface area contributed by atoms with Crippen molar-refractivity contribution in [2.75, 3.05) is 13.2 Å². The van der Waals surface area contributed by atoms with Crippen molar-refractivity contribution in [3.05, 3.63) is 57.9 Å². The van der Waals surface area contributed by atoms with Gasteiger partial charge in [0.1, 0.15) is 12.4 Å². The molecule has 3 aliphatic rings. The highest BCUT2D eigenvalue weighted by Crippen LogP contribution is 2.31. The zero-order chi connectivity index (χ0) is 17.2. The van der Waals surface area contributed by atoms with Crippen LogP contribution >= 0.6 is 0 Å². The number of benzene rings is 1. The molecule has 0 radical (unpaired) electrons. The molecule has 3 heteroatoms. The van der Waals surface area contributed by atoms with E-state index in [9.17, 15) is 0 Å². The van der Waals surface area contributed by atoms with Crippen LogP contribution in [0.4, 0.5) is 0 Å². The van der Waals surface area contributed by atoms with Gasteiger partial charge >= 0.3 is 0 Å². The van der Waals surface area contributed by atoms with Gasteiger partial charge in [-0.1, -0.05) is 18.2 Å². The van der Waals surface area contributed by atoms with E-state index in [2.05, 4.69) is 43.0 Å². The Balaban J connectivity index is 1.45. The number of ether oxygens (including phenoxy) is 2. The summed E-state index contributed by atoms with van der Waals surface area (Å²) in [6, 6.07) is 5.36. The zero-order valence-electron chi connectivity index (χ0n) is 15.5. The average Bonchev–Trinajstić information content (AvgIpc) is 3.07. The van der Waals surface area contributed by atoms with Gasteiger partial charge in [0.15, 0.2) is 0 Å². The lowest BCUT2D eigenvalue weighted by Crippen LogP contribution is -2.35. The van der Waals surface area contributed by atoms with Crippen LogP contribution in [0.25, 0.3) is 0 Å². The highest BCUT2D eigenvalue weighted by Gasteiger charge is 2.28. The van der Waals surface area contributed by atoms with Gasteiger partial charge in [0, 0.05) is 32.3 Å². The maximum atomic E-state index is 6.10. The molecule has 3 nitrogen and oxygen atoms in total. The Hall–Kier alpha value is -1.58. The Morgan fingerprint density at radius 2 is 2.00 bits per heavy atom. The summed E-state index contributed by atoms with van der Waals surface area (Å²) in [5.41, 5.74) is 7.10. The Labute approximate surface area is 151 Å². The molecule has 0 bridgehead atoms. The van der Waals surface area contributed by atoms with Gasteiger partial charge < -0.3 is 9.47 Å². The van der Waals surface area contributed by atoms with Crippen LogP contribution in [0.5, 0.6) is 0 Å². The predicted molar refractivity (Wildman–Crippen MR) is 100 cm³/mol. The molecule has 0 saturated carbocycles. The van der Waals surface area contributed by atoms with Crippen molar-refractivity contribution in [3.63, 3.8) is 0 Å². The van der Waals surface area contributed by atoms with Crippen LogP contribution in [-0.4, -0.2) is 24.2 Å². The maximum Gasteiger partial charge on any atom is 0.118 e. The largest absolute Gasteiger partial charge is 0.489 e. The maximum absolute atomic E-state index is 6.10. The molecule has 0 amide bonds. The summed E-state index contributed by atoms with van der Waals surface area (Å²) >= 11 is 0. The molecule has 0 unspecified atom stereocenters. The number of fused-ring (bicyclic) bond motifs is 1. The Morgan fingerprint density at radius 3 is 2.80 bits per heavy atom. The third-order valence-electron chi connectivity index (χ3n) is 5.84. The minimum absolute atomic E-state index is 0.669. The third kappa shape index (κ3) is 3.68. The highest BCUT2D eigenvalue weighted by atomic mass is 16.5. The van der Waals surface area contributed by atoms with Crippen LogP contribution in [0.2, 0.25) is 0 Å². The quantitative estimate of drug-likeness (QED) is 0.798. The Bertz CT molecular complexity index is 698. The van der Waals surface area contributed by atoms with Crippen molar-refractivity contribution in [1.29, 1.82) is 0 Å². The van der Waals surface area contributed by atoms with Gasteiger partial charge in [0.2, 0.25) is 0 Å². The molecule has 1 fully saturated rings. The lowest BCUT2D eigenvalue weighted by molar-refractivity contribution is 0.0325. The molecule has 2 heterocycles. The first kappa shape index (κ1) is 16.9. The van der Waals surface area contributed by atoms with Crippen LogP contribution in [0.3, 0.4) is 0 Å². The Morgan fingerprint density at radius 1 is 1.16 bits per heavy atom. The van der Waals surface area contributed by atoms with Crippen molar-refractivity contribution in [3.8, 4) is 0 Å². The minimum Gasteiger partial charge on any atom is -0.489 e. The summed E-state index contributed by atoms with van der Waals surface area (Å²) in [4.78, 5) is 2.64. The summed E-state index contributed by atoms with van der Waals surface area (Å²) < 4.78 is 11.6. The monoisotopic (exact) mass is 339 g/mol.